The minimum absolute atomic E-state index is 0.793. The Balaban J connectivity index is 2.40. The quantitative estimate of drug-likeness (QED) is 0.693. The van der Waals surface area contributed by atoms with E-state index in [0.29, 0.717) is 0 Å². The smallest absolute Gasteiger partial charge is 0.00645 e. The largest absolute Gasteiger partial charge is 0.314 e. The third kappa shape index (κ3) is 3.30. The maximum Gasteiger partial charge on any atom is 0.00645 e. The second-order valence-electron chi connectivity index (χ2n) is 4.59. The summed E-state index contributed by atoms with van der Waals surface area (Å²) in [5, 5.41) is 3.70. The van der Waals surface area contributed by atoms with Crippen LogP contribution in [-0.2, 0) is 0 Å². The van der Waals surface area contributed by atoms with E-state index in [0.717, 1.165) is 17.9 Å². The second-order valence-corrected chi connectivity index (χ2v) is 4.59. The molecule has 3 atom stereocenters. The van der Waals surface area contributed by atoms with Gasteiger partial charge in [0, 0.05) is 6.04 Å². The van der Waals surface area contributed by atoms with Gasteiger partial charge in [-0.25, -0.2) is 0 Å². The first-order valence-corrected chi connectivity index (χ1v) is 6.01. The minimum atomic E-state index is 0.793. The molecule has 0 bridgehead atoms. The summed E-state index contributed by atoms with van der Waals surface area (Å²) in [5.41, 5.74) is 0. The zero-order valence-electron chi connectivity index (χ0n) is 9.47. The van der Waals surface area contributed by atoms with Crippen molar-refractivity contribution >= 4 is 0 Å². The van der Waals surface area contributed by atoms with Crippen molar-refractivity contribution in [3.05, 3.63) is 0 Å². The fourth-order valence-corrected chi connectivity index (χ4v) is 2.44. The van der Waals surface area contributed by atoms with Gasteiger partial charge in [0.15, 0.2) is 0 Å². The lowest BCUT2D eigenvalue weighted by atomic mass is 9.85. The molecule has 1 saturated heterocycles. The monoisotopic (exact) mass is 183 g/mol. The third-order valence-electron chi connectivity index (χ3n) is 3.70. The van der Waals surface area contributed by atoms with E-state index in [2.05, 4.69) is 26.1 Å². The summed E-state index contributed by atoms with van der Waals surface area (Å²) >= 11 is 0. The fourth-order valence-electron chi connectivity index (χ4n) is 2.44. The molecule has 1 heteroatoms. The van der Waals surface area contributed by atoms with Crippen molar-refractivity contribution in [2.75, 3.05) is 6.54 Å². The van der Waals surface area contributed by atoms with Gasteiger partial charge in [-0.1, -0.05) is 40.0 Å². The zero-order valence-corrected chi connectivity index (χ0v) is 9.47. The van der Waals surface area contributed by atoms with Crippen LogP contribution in [0.25, 0.3) is 0 Å². The van der Waals surface area contributed by atoms with Gasteiger partial charge in [0.05, 0.1) is 0 Å². The summed E-state index contributed by atoms with van der Waals surface area (Å²) in [6.07, 6.45) is 6.88. The molecule has 1 nitrogen and oxygen atoms in total. The molecule has 0 spiro atoms. The minimum Gasteiger partial charge on any atom is -0.314 e. The molecule has 0 aliphatic carbocycles. The van der Waals surface area contributed by atoms with Crippen molar-refractivity contribution in [2.24, 2.45) is 11.8 Å². The molecule has 1 aliphatic rings. The molecule has 0 aromatic heterocycles. The number of rotatable bonds is 2. The summed E-state index contributed by atoms with van der Waals surface area (Å²) in [4.78, 5) is 0. The first kappa shape index (κ1) is 11.0. The lowest BCUT2D eigenvalue weighted by Crippen LogP contribution is -2.36. The molecule has 1 fully saturated rings. The Kier molecular flexibility index (Phi) is 4.79. The van der Waals surface area contributed by atoms with Gasteiger partial charge in [-0.3, -0.25) is 0 Å². The highest BCUT2D eigenvalue weighted by Gasteiger charge is 2.19. The molecule has 1 heterocycles. The standard InChI is InChI=1S/C12H25N/c1-4-11-9-13-12(5-2)8-6-7-10(11)3/h10-13H,4-9H2,1-3H3. The van der Waals surface area contributed by atoms with Gasteiger partial charge in [0.25, 0.3) is 0 Å². The van der Waals surface area contributed by atoms with Gasteiger partial charge in [-0.15, -0.1) is 0 Å². The SMILES string of the molecule is CCC1CCCC(C)C(CC)CN1. The maximum atomic E-state index is 3.70. The molecule has 1 N–H and O–H groups in total. The van der Waals surface area contributed by atoms with Crippen LogP contribution in [0.3, 0.4) is 0 Å². The van der Waals surface area contributed by atoms with Crippen LogP contribution < -0.4 is 5.32 Å². The Morgan fingerprint density at radius 3 is 2.54 bits per heavy atom. The van der Waals surface area contributed by atoms with Crippen LogP contribution in [0, 0.1) is 11.8 Å². The first-order valence-electron chi connectivity index (χ1n) is 6.01. The summed E-state index contributed by atoms with van der Waals surface area (Å²) in [7, 11) is 0. The van der Waals surface area contributed by atoms with E-state index in [1.807, 2.05) is 0 Å². The van der Waals surface area contributed by atoms with Crippen LogP contribution in [-0.4, -0.2) is 12.6 Å². The predicted octanol–water partition coefficient (Wildman–Crippen LogP) is 3.20. The molecule has 0 amide bonds. The van der Waals surface area contributed by atoms with Crippen molar-refractivity contribution < 1.29 is 0 Å². The molecule has 0 aromatic carbocycles. The van der Waals surface area contributed by atoms with Crippen molar-refractivity contribution in [1.29, 1.82) is 0 Å². The van der Waals surface area contributed by atoms with E-state index in [4.69, 9.17) is 0 Å². The van der Waals surface area contributed by atoms with Gasteiger partial charge >= 0.3 is 0 Å². The number of nitrogens with one attached hydrogen (secondary N) is 1. The molecule has 1 aliphatic heterocycles. The molecule has 78 valence electrons. The number of hydrogen-bond donors (Lipinski definition) is 1. The van der Waals surface area contributed by atoms with Crippen LogP contribution in [0.2, 0.25) is 0 Å². The summed E-state index contributed by atoms with van der Waals surface area (Å²) in [5.74, 6) is 1.84. The summed E-state index contributed by atoms with van der Waals surface area (Å²) in [6, 6.07) is 0.793. The maximum absolute atomic E-state index is 3.70. The lowest BCUT2D eigenvalue weighted by molar-refractivity contribution is 0.258. The summed E-state index contributed by atoms with van der Waals surface area (Å²) in [6.45, 7) is 8.29. The highest BCUT2D eigenvalue weighted by molar-refractivity contribution is 4.75. The molecule has 0 aromatic rings. The average Bonchev–Trinajstić information content (AvgIpc) is 2.12. The summed E-state index contributed by atoms with van der Waals surface area (Å²) < 4.78 is 0. The first-order chi connectivity index (χ1) is 6.27. The van der Waals surface area contributed by atoms with E-state index in [1.165, 1.54) is 38.6 Å². The Labute approximate surface area is 83.3 Å². The van der Waals surface area contributed by atoms with Crippen molar-refractivity contribution in [3.8, 4) is 0 Å². The Hall–Kier alpha value is -0.0400. The van der Waals surface area contributed by atoms with Crippen LogP contribution in [0.5, 0.6) is 0 Å². The van der Waals surface area contributed by atoms with Gasteiger partial charge in [0.1, 0.15) is 0 Å². The van der Waals surface area contributed by atoms with Crippen molar-refractivity contribution in [3.63, 3.8) is 0 Å². The molecular weight excluding hydrogens is 158 g/mol. The van der Waals surface area contributed by atoms with Crippen LogP contribution in [0.4, 0.5) is 0 Å². The number of hydrogen-bond acceptors (Lipinski definition) is 1. The van der Waals surface area contributed by atoms with Gasteiger partial charge < -0.3 is 5.32 Å². The highest BCUT2D eigenvalue weighted by Crippen LogP contribution is 2.24. The third-order valence-corrected chi connectivity index (χ3v) is 3.70. The lowest BCUT2D eigenvalue weighted by Gasteiger charge is -2.29. The van der Waals surface area contributed by atoms with Crippen LogP contribution >= 0.6 is 0 Å². The van der Waals surface area contributed by atoms with Gasteiger partial charge in [-0.05, 0) is 31.2 Å². The Morgan fingerprint density at radius 1 is 1.15 bits per heavy atom. The van der Waals surface area contributed by atoms with Crippen molar-refractivity contribution in [2.45, 2.75) is 58.9 Å². The van der Waals surface area contributed by atoms with E-state index < -0.39 is 0 Å². The van der Waals surface area contributed by atoms with Gasteiger partial charge in [0.2, 0.25) is 0 Å². The normalized spacial score (nSPS) is 36.7. The Morgan fingerprint density at radius 2 is 1.92 bits per heavy atom. The van der Waals surface area contributed by atoms with Gasteiger partial charge in [-0.2, -0.15) is 0 Å². The van der Waals surface area contributed by atoms with E-state index in [1.54, 1.807) is 0 Å². The van der Waals surface area contributed by atoms with E-state index in [9.17, 15) is 0 Å². The molecule has 0 saturated carbocycles. The fraction of sp³-hybridized carbons (Fsp3) is 1.00. The molecule has 13 heavy (non-hydrogen) atoms. The van der Waals surface area contributed by atoms with E-state index in [-0.39, 0.29) is 0 Å². The molecule has 0 radical (unpaired) electrons. The second kappa shape index (κ2) is 5.64. The highest BCUT2D eigenvalue weighted by atomic mass is 14.9. The van der Waals surface area contributed by atoms with Crippen LogP contribution in [0.15, 0.2) is 0 Å². The topological polar surface area (TPSA) is 12.0 Å². The predicted molar refractivity (Wildman–Crippen MR) is 58.9 cm³/mol. The van der Waals surface area contributed by atoms with E-state index >= 15 is 0 Å². The van der Waals surface area contributed by atoms with Crippen molar-refractivity contribution in [1.82, 2.24) is 5.32 Å². The molecule has 3 unspecified atom stereocenters. The Bertz CT molecular complexity index is 133. The molecular formula is C12H25N. The zero-order chi connectivity index (χ0) is 9.68. The van der Waals surface area contributed by atoms with Crippen LogP contribution in [0.1, 0.15) is 52.9 Å². The average molecular weight is 183 g/mol. The molecule has 1 rings (SSSR count).